The fourth-order valence-electron chi connectivity index (χ4n) is 1.61. The van der Waals surface area contributed by atoms with Gasteiger partial charge in [-0.15, -0.1) is 0 Å². The van der Waals surface area contributed by atoms with Crippen LogP contribution in [0.2, 0.25) is 0 Å². The zero-order chi connectivity index (χ0) is 15.4. The van der Waals surface area contributed by atoms with Crippen molar-refractivity contribution < 1.29 is 23.1 Å². The van der Waals surface area contributed by atoms with E-state index in [4.69, 9.17) is 0 Å². The predicted octanol–water partition coefficient (Wildman–Crippen LogP) is 2.28. The third kappa shape index (κ3) is 3.32. The number of carbonyl (C=O) groups excluding carboxylic acids is 1. The molecular formula is C14H11F3N2O2. The lowest BCUT2D eigenvalue weighted by atomic mass is 10.1. The van der Waals surface area contributed by atoms with Gasteiger partial charge in [0.25, 0.3) is 5.91 Å². The molecule has 1 amide bonds. The lowest BCUT2D eigenvalue weighted by Gasteiger charge is -2.13. The monoisotopic (exact) mass is 296 g/mol. The number of aliphatic hydroxyl groups excluding tert-OH is 1. The molecule has 1 unspecified atom stereocenters. The van der Waals surface area contributed by atoms with Crippen LogP contribution >= 0.6 is 0 Å². The molecule has 3 N–H and O–H groups in total. The summed E-state index contributed by atoms with van der Waals surface area (Å²) >= 11 is 0. The molecule has 0 fully saturated rings. The Hall–Kier alpha value is -2.54. The van der Waals surface area contributed by atoms with Gasteiger partial charge in [0, 0.05) is 0 Å². The van der Waals surface area contributed by atoms with Crippen LogP contribution in [-0.4, -0.2) is 11.0 Å². The van der Waals surface area contributed by atoms with E-state index in [9.17, 15) is 23.1 Å². The molecule has 110 valence electrons. The maximum Gasteiger partial charge on any atom is 0.271 e. The number of anilines is 1. The average Bonchev–Trinajstić information content (AvgIpc) is 2.52. The molecule has 0 aliphatic rings. The van der Waals surface area contributed by atoms with Crippen molar-refractivity contribution in [2.75, 3.05) is 5.43 Å². The van der Waals surface area contributed by atoms with E-state index >= 15 is 0 Å². The Bertz CT molecular complexity index is 650. The van der Waals surface area contributed by atoms with Crippen molar-refractivity contribution in [2.45, 2.75) is 6.10 Å². The number of benzene rings is 2. The largest absolute Gasteiger partial charge is 0.378 e. The fourth-order valence-corrected chi connectivity index (χ4v) is 1.61. The lowest BCUT2D eigenvalue weighted by molar-refractivity contribution is -0.129. The number of hydrogen-bond donors (Lipinski definition) is 3. The number of rotatable bonds is 4. The molecule has 4 nitrogen and oxygen atoms in total. The Morgan fingerprint density at radius 1 is 1.00 bits per heavy atom. The average molecular weight is 296 g/mol. The maximum absolute atomic E-state index is 13.3. The zero-order valence-electron chi connectivity index (χ0n) is 10.6. The van der Waals surface area contributed by atoms with Crippen LogP contribution in [0.25, 0.3) is 0 Å². The summed E-state index contributed by atoms with van der Waals surface area (Å²) in [6.07, 6.45) is -1.48. The van der Waals surface area contributed by atoms with E-state index < -0.39 is 35.2 Å². The number of hydrazine groups is 1. The van der Waals surface area contributed by atoms with E-state index in [1.165, 1.54) is 12.1 Å². The van der Waals surface area contributed by atoms with E-state index in [0.29, 0.717) is 11.6 Å². The molecule has 0 aliphatic heterocycles. The Labute approximate surface area is 118 Å². The minimum Gasteiger partial charge on any atom is -0.378 e. The first-order chi connectivity index (χ1) is 10.0. The molecule has 1 atom stereocenters. The van der Waals surface area contributed by atoms with Gasteiger partial charge < -0.3 is 5.11 Å². The molecule has 21 heavy (non-hydrogen) atoms. The van der Waals surface area contributed by atoms with Gasteiger partial charge >= 0.3 is 0 Å². The van der Waals surface area contributed by atoms with Crippen molar-refractivity contribution in [1.29, 1.82) is 0 Å². The first-order valence-electron chi connectivity index (χ1n) is 5.93. The predicted molar refractivity (Wildman–Crippen MR) is 69.5 cm³/mol. The van der Waals surface area contributed by atoms with Crippen LogP contribution in [0, 0.1) is 17.5 Å². The van der Waals surface area contributed by atoms with Gasteiger partial charge in [-0.3, -0.25) is 15.6 Å². The molecular weight excluding hydrogens is 285 g/mol. The van der Waals surface area contributed by atoms with Gasteiger partial charge in [-0.05, 0) is 17.7 Å². The Kier molecular flexibility index (Phi) is 4.44. The first kappa shape index (κ1) is 14.9. The van der Waals surface area contributed by atoms with E-state index in [2.05, 4.69) is 5.43 Å². The van der Waals surface area contributed by atoms with E-state index in [1.807, 2.05) is 5.43 Å². The highest BCUT2D eigenvalue weighted by atomic mass is 19.2. The highest BCUT2D eigenvalue weighted by Crippen LogP contribution is 2.19. The second kappa shape index (κ2) is 6.27. The molecule has 2 aromatic rings. The smallest absolute Gasteiger partial charge is 0.271 e. The number of aliphatic hydroxyl groups is 1. The molecule has 2 rings (SSSR count). The number of halogens is 3. The van der Waals surface area contributed by atoms with Crippen LogP contribution < -0.4 is 10.9 Å². The van der Waals surface area contributed by atoms with Crippen molar-refractivity contribution in [2.24, 2.45) is 0 Å². The minimum absolute atomic E-state index is 0.336. The summed E-state index contributed by atoms with van der Waals surface area (Å²) in [5.41, 5.74) is 3.99. The standard InChI is InChI=1S/C14H11F3N2O2/c15-9-6-7-10(12(17)11(9)16)18-19-14(21)13(20)8-4-2-1-3-5-8/h1-7,13,18,20H,(H,19,21). The summed E-state index contributed by atoms with van der Waals surface area (Å²) in [5.74, 6) is -5.33. The van der Waals surface area contributed by atoms with Gasteiger partial charge in [0.1, 0.15) is 0 Å². The van der Waals surface area contributed by atoms with Crippen LogP contribution in [0.3, 0.4) is 0 Å². The molecule has 0 saturated carbocycles. The fraction of sp³-hybridized carbons (Fsp3) is 0.0714. The molecule has 0 radical (unpaired) electrons. The Morgan fingerprint density at radius 2 is 1.67 bits per heavy atom. The second-order valence-corrected chi connectivity index (χ2v) is 4.15. The zero-order valence-corrected chi connectivity index (χ0v) is 10.6. The molecule has 0 saturated heterocycles. The van der Waals surface area contributed by atoms with Gasteiger partial charge in [0.2, 0.25) is 0 Å². The summed E-state index contributed by atoms with van der Waals surface area (Å²) in [6.45, 7) is 0. The van der Waals surface area contributed by atoms with Gasteiger partial charge in [0.05, 0.1) is 5.69 Å². The SMILES string of the molecule is O=C(NNc1ccc(F)c(F)c1F)C(O)c1ccccc1. The summed E-state index contributed by atoms with van der Waals surface area (Å²) in [4.78, 5) is 11.7. The Balaban J connectivity index is 2.03. The van der Waals surface area contributed by atoms with Gasteiger partial charge in [-0.1, -0.05) is 30.3 Å². The molecule has 0 aromatic heterocycles. The number of amides is 1. The van der Waals surface area contributed by atoms with E-state index in [0.717, 1.165) is 6.07 Å². The highest BCUT2D eigenvalue weighted by Gasteiger charge is 2.18. The van der Waals surface area contributed by atoms with Crippen molar-refractivity contribution in [3.8, 4) is 0 Å². The summed E-state index contributed by atoms with van der Waals surface area (Å²) in [7, 11) is 0. The normalized spacial score (nSPS) is 11.8. The van der Waals surface area contributed by atoms with Crippen molar-refractivity contribution >= 4 is 11.6 Å². The molecule has 7 heteroatoms. The summed E-state index contributed by atoms with van der Waals surface area (Å²) in [5, 5.41) is 9.76. The summed E-state index contributed by atoms with van der Waals surface area (Å²) < 4.78 is 39.1. The third-order valence-corrected chi connectivity index (χ3v) is 2.72. The number of nitrogens with one attached hydrogen (secondary N) is 2. The lowest BCUT2D eigenvalue weighted by Crippen LogP contribution is -2.34. The molecule has 0 heterocycles. The third-order valence-electron chi connectivity index (χ3n) is 2.72. The molecule has 0 aliphatic carbocycles. The van der Waals surface area contributed by atoms with Crippen LogP contribution in [0.4, 0.5) is 18.9 Å². The minimum atomic E-state index is -1.65. The Morgan fingerprint density at radius 3 is 2.33 bits per heavy atom. The van der Waals surface area contributed by atoms with Gasteiger partial charge in [-0.2, -0.15) is 0 Å². The van der Waals surface area contributed by atoms with Crippen LogP contribution in [0.1, 0.15) is 11.7 Å². The number of hydrogen-bond acceptors (Lipinski definition) is 3. The maximum atomic E-state index is 13.3. The van der Waals surface area contributed by atoms with Gasteiger partial charge in [-0.25, -0.2) is 13.2 Å². The quantitative estimate of drug-likeness (QED) is 0.599. The molecule has 2 aromatic carbocycles. The van der Waals surface area contributed by atoms with Crippen LogP contribution in [-0.2, 0) is 4.79 Å². The first-order valence-corrected chi connectivity index (χ1v) is 5.93. The van der Waals surface area contributed by atoms with Crippen molar-refractivity contribution in [3.05, 3.63) is 65.5 Å². The van der Waals surface area contributed by atoms with Crippen molar-refractivity contribution in [1.82, 2.24) is 5.43 Å². The summed E-state index contributed by atoms with van der Waals surface area (Å²) in [6, 6.07) is 9.67. The molecule has 0 bridgehead atoms. The van der Waals surface area contributed by atoms with Crippen LogP contribution in [0.15, 0.2) is 42.5 Å². The van der Waals surface area contributed by atoms with Gasteiger partial charge in [0.15, 0.2) is 23.6 Å². The van der Waals surface area contributed by atoms with Crippen molar-refractivity contribution in [3.63, 3.8) is 0 Å². The van der Waals surface area contributed by atoms with Crippen LogP contribution in [0.5, 0.6) is 0 Å². The highest BCUT2D eigenvalue weighted by molar-refractivity contribution is 5.83. The second-order valence-electron chi connectivity index (χ2n) is 4.15. The van der Waals surface area contributed by atoms with E-state index in [-0.39, 0.29) is 0 Å². The molecule has 0 spiro atoms. The van der Waals surface area contributed by atoms with E-state index in [1.54, 1.807) is 18.2 Å². The topological polar surface area (TPSA) is 61.4 Å². The number of carbonyl (C=O) groups is 1.